The third kappa shape index (κ3) is 2.48. The van der Waals surface area contributed by atoms with Crippen molar-refractivity contribution in [2.45, 2.75) is 6.42 Å². The second-order valence-corrected chi connectivity index (χ2v) is 4.88. The van der Waals surface area contributed by atoms with Crippen LogP contribution < -0.4 is 4.74 Å². The van der Waals surface area contributed by atoms with Gasteiger partial charge in [0.1, 0.15) is 0 Å². The van der Waals surface area contributed by atoms with Crippen molar-refractivity contribution < 1.29 is 9.66 Å². The summed E-state index contributed by atoms with van der Waals surface area (Å²) in [4.78, 5) is 15.4. The topological polar surface area (TPSA) is 65.3 Å². The Morgan fingerprint density at radius 3 is 2.73 bits per heavy atom. The fourth-order valence-corrected chi connectivity index (χ4v) is 2.59. The number of pyridine rings is 1. The number of hydrogen-bond donors (Lipinski definition) is 0. The molecule has 0 radical (unpaired) electrons. The van der Waals surface area contributed by atoms with Crippen LogP contribution in [0.5, 0.6) is 5.75 Å². The van der Waals surface area contributed by atoms with E-state index in [1.165, 1.54) is 7.11 Å². The molecule has 2 aromatic carbocycles. The van der Waals surface area contributed by atoms with Crippen LogP contribution in [0.4, 0.5) is 5.69 Å². The van der Waals surface area contributed by atoms with E-state index in [0.717, 1.165) is 16.5 Å². The van der Waals surface area contributed by atoms with Crippen molar-refractivity contribution in [3.05, 3.63) is 76.1 Å². The van der Waals surface area contributed by atoms with Crippen molar-refractivity contribution >= 4 is 16.5 Å². The van der Waals surface area contributed by atoms with Gasteiger partial charge in [-0.15, -0.1) is 0 Å². The average molecular weight is 294 g/mol. The standard InChI is InChI=1S/C17H14N2O3/c1-22-16-8-4-6-13(17(16)19(20)21)11-15-14-7-3-2-5-12(14)9-10-18-15/h2-10H,11H2,1H3. The number of rotatable bonds is 4. The Balaban J connectivity index is 2.11. The van der Waals surface area contributed by atoms with E-state index in [-0.39, 0.29) is 11.4 Å². The summed E-state index contributed by atoms with van der Waals surface area (Å²) < 4.78 is 5.11. The van der Waals surface area contributed by atoms with Crippen LogP contribution in [0.2, 0.25) is 0 Å². The molecule has 0 aliphatic heterocycles. The van der Waals surface area contributed by atoms with E-state index in [4.69, 9.17) is 4.74 Å². The van der Waals surface area contributed by atoms with Crippen LogP contribution in [0.15, 0.2) is 54.7 Å². The maximum Gasteiger partial charge on any atom is 0.314 e. The van der Waals surface area contributed by atoms with Crippen LogP contribution in [0.25, 0.3) is 10.8 Å². The van der Waals surface area contributed by atoms with Crippen LogP contribution in [0.3, 0.4) is 0 Å². The molecule has 0 aliphatic rings. The Hall–Kier alpha value is -2.95. The molecule has 1 aromatic heterocycles. The first-order valence-electron chi connectivity index (χ1n) is 6.83. The zero-order valence-electron chi connectivity index (χ0n) is 12.0. The second kappa shape index (κ2) is 5.81. The molecule has 0 aliphatic carbocycles. The molecule has 22 heavy (non-hydrogen) atoms. The lowest BCUT2D eigenvalue weighted by Crippen LogP contribution is -2.01. The Kier molecular flexibility index (Phi) is 3.70. The molecular weight excluding hydrogens is 280 g/mol. The minimum atomic E-state index is -0.403. The van der Waals surface area contributed by atoms with Gasteiger partial charge in [0, 0.05) is 23.6 Å². The summed E-state index contributed by atoms with van der Waals surface area (Å²) in [5.41, 5.74) is 1.40. The predicted octanol–water partition coefficient (Wildman–Crippen LogP) is 3.74. The van der Waals surface area contributed by atoms with Crippen LogP contribution >= 0.6 is 0 Å². The number of aromatic nitrogens is 1. The molecule has 0 unspecified atom stereocenters. The smallest absolute Gasteiger partial charge is 0.314 e. The average Bonchev–Trinajstić information content (AvgIpc) is 2.54. The normalized spacial score (nSPS) is 10.6. The van der Waals surface area contributed by atoms with Crippen LogP contribution in [-0.4, -0.2) is 17.0 Å². The highest BCUT2D eigenvalue weighted by Crippen LogP contribution is 2.32. The van der Waals surface area contributed by atoms with E-state index in [1.807, 2.05) is 30.3 Å². The first-order chi connectivity index (χ1) is 10.7. The maximum atomic E-state index is 11.4. The lowest BCUT2D eigenvalue weighted by Gasteiger charge is -2.08. The highest BCUT2D eigenvalue weighted by molar-refractivity contribution is 5.84. The fourth-order valence-electron chi connectivity index (χ4n) is 2.59. The van der Waals surface area contributed by atoms with Gasteiger partial charge in [-0.1, -0.05) is 36.4 Å². The number of nitrogens with zero attached hydrogens (tertiary/aromatic N) is 2. The molecule has 1 heterocycles. The monoisotopic (exact) mass is 294 g/mol. The fraction of sp³-hybridized carbons (Fsp3) is 0.118. The summed E-state index contributed by atoms with van der Waals surface area (Å²) in [5, 5.41) is 13.4. The third-order valence-electron chi connectivity index (χ3n) is 3.60. The molecule has 0 N–H and O–H groups in total. The van der Waals surface area contributed by atoms with E-state index < -0.39 is 4.92 Å². The molecule has 3 rings (SSSR count). The molecule has 0 saturated carbocycles. The Labute approximate surface area is 127 Å². The molecular formula is C17H14N2O3. The van der Waals surface area contributed by atoms with Crippen molar-refractivity contribution in [3.63, 3.8) is 0 Å². The zero-order valence-corrected chi connectivity index (χ0v) is 12.0. The predicted molar refractivity (Wildman–Crippen MR) is 84.2 cm³/mol. The molecule has 3 aromatic rings. The summed E-state index contributed by atoms with van der Waals surface area (Å²) in [5.74, 6) is 0.266. The first-order valence-corrected chi connectivity index (χ1v) is 6.83. The highest BCUT2D eigenvalue weighted by Gasteiger charge is 2.21. The van der Waals surface area contributed by atoms with Gasteiger partial charge in [0.05, 0.1) is 17.7 Å². The minimum Gasteiger partial charge on any atom is -0.490 e. The van der Waals surface area contributed by atoms with E-state index in [2.05, 4.69) is 4.98 Å². The van der Waals surface area contributed by atoms with Gasteiger partial charge in [-0.25, -0.2) is 0 Å². The third-order valence-corrected chi connectivity index (χ3v) is 3.60. The summed E-state index contributed by atoms with van der Waals surface area (Å²) in [6.07, 6.45) is 2.11. The lowest BCUT2D eigenvalue weighted by molar-refractivity contribution is -0.386. The van der Waals surface area contributed by atoms with E-state index >= 15 is 0 Å². The van der Waals surface area contributed by atoms with Gasteiger partial charge in [0.15, 0.2) is 5.75 Å². The summed E-state index contributed by atoms with van der Waals surface area (Å²) in [6, 6.07) is 14.9. The number of methoxy groups -OCH3 is 1. The van der Waals surface area contributed by atoms with Gasteiger partial charge < -0.3 is 4.74 Å². The number of nitro groups is 1. The number of nitro benzene ring substituents is 1. The molecule has 5 heteroatoms. The lowest BCUT2D eigenvalue weighted by atomic mass is 10.0. The number of fused-ring (bicyclic) bond motifs is 1. The molecule has 5 nitrogen and oxygen atoms in total. The van der Waals surface area contributed by atoms with Gasteiger partial charge in [0.25, 0.3) is 0 Å². The molecule has 110 valence electrons. The SMILES string of the molecule is COc1cccc(Cc2nccc3ccccc23)c1[N+](=O)[O-]. The number of para-hydroxylation sites is 1. The minimum absolute atomic E-state index is 0.000246. The van der Waals surface area contributed by atoms with Crippen molar-refractivity contribution in [3.8, 4) is 5.75 Å². The van der Waals surface area contributed by atoms with Gasteiger partial charge in [-0.3, -0.25) is 15.1 Å². The van der Waals surface area contributed by atoms with E-state index in [0.29, 0.717) is 12.0 Å². The van der Waals surface area contributed by atoms with Crippen LogP contribution in [-0.2, 0) is 6.42 Å². The second-order valence-electron chi connectivity index (χ2n) is 4.88. The highest BCUT2D eigenvalue weighted by atomic mass is 16.6. The van der Waals surface area contributed by atoms with E-state index in [9.17, 15) is 10.1 Å². The number of ether oxygens (including phenoxy) is 1. The maximum absolute atomic E-state index is 11.4. The summed E-state index contributed by atoms with van der Waals surface area (Å²) >= 11 is 0. The van der Waals surface area contributed by atoms with Crippen molar-refractivity contribution in [2.75, 3.05) is 7.11 Å². The quantitative estimate of drug-likeness (QED) is 0.543. The van der Waals surface area contributed by atoms with Crippen molar-refractivity contribution in [1.29, 1.82) is 0 Å². The van der Waals surface area contributed by atoms with Crippen LogP contribution in [0.1, 0.15) is 11.3 Å². The van der Waals surface area contributed by atoms with Gasteiger partial charge in [0.2, 0.25) is 0 Å². The molecule has 0 atom stereocenters. The Bertz CT molecular complexity index is 841. The molecule has 0 amide bonds. The molecule has 0 bridgehead atoms. The van der Waals surface area contributed by atoms with Gasteiger partial charge in [-0.2, -0.15) is 0 Å². The summed E-state index contributed by atoms with van der Waals surface area (Å²) in [6.45, 7) is 0. The van der Waals surface area contributed by atoms with Crippen molar-refractivity contribution in [1.82, 2.24) is 4.98 Å². The largest absolute Gasteiger partial charge is 0.490 e. The number of benzene rings is 2. The molecule has 0 saturated heterocycles. The van der Waals surface area contributed by atoms with Gasteiger partial charge in [-0.05, 0) is 17.5 Å². The van der Waals surface area contributed by atoms with Gasteiger partial charge >= 0.3 is 5.69 Å². The first kappa shape index (κ1) is 14.0. The Morgan fingerprint density at radius 1 is 1.14 bits per heavy atom. The van der Waals surface area contributed by atoms with E-state index in [1.54, 1.807) is 24.4 Å². The molecule has 0 fully saturated rings. The summed E-state index contributed by atoms with van der Waals surface area (Å²) in [7, 11) is 1.43. The number of hydrogen-bond acceptors (Lipinski definition) is 4. The zero-order chi connectivity index (χ0) is 15.5. The Morgan fingerprint density at radius 2 is 1.95 bits per heavy atom. The van der Waals surface area contributed by atoms with Crippen LogP contribution in [0, 0.1) is 10.1 Å². The molecule has 0 spiro atoms. The van der Waals surface area contributed by atoms with Crippen molar-refractivity contribution in [2.24, 2.45) is 0 Å².